The molecule has 0 unspecified atom stereocenters. The Hall–Kier alpha value is -2.13. The van der Waals surface area contributed by atoms with Crippen LogP contribution in [0.5, 0.6) is 0 Å². The largest absolute Gasteiger partial charge is 0.289 e. The number of hydroxylamine groups is 1. The van der Waals surface area contributed by atoms with Crippen molar-refractivity contribution >= 4 is 11.5 Å². The van der Waals surface area contributed by atoms with Crippen LogP contribution in [-0.4, -0.2) is 11.0 Å². The van der Waals surface area contributed by atoms with Gasteiger partial charge in [0.25, 0.3) is 0 Å². The zero-order chi connectivity index (χ0) is 11.4. The van der Waals surface area contributed by atoms with Crippen LogP contribution in [0.1, 0.15) is 0 Å². The van der Waals surface area contributed by atoms with E-state index in [1.54, 1.807) is 30.4 Å². The van der Waals surface area contributed by atoms with Crippen LogP contribution in [0, 0.1) is 0 Å². The van der Waals surface area contributed by atoms with Gasteiger partial charge in [0.1, 0.15) is 0 Å². The molecule has 0 atom stereocenters. The molecule has 0 radical (unpaired) electrons. The van der Waals surface area contributed by atoms with Crippen molar-refractivity contribution in [3.05, 3.63) is 66.4 Å². The Balaban J connectivity index is 2.21. The minimum atomic E-state index is -0.113. The number of carbonyl (C=O) groups excluding carboxylic acids is 1. The molecule has 0 spiro atoms. The molecule has 3 nitrogen and oxygen atoms in total. The van der Waals surface area contributed by atoms with E-state index >= 15 is 0 Å². The molecule has 0 amide bonds. The zero-order valence-electron chi connectivity index (χ0n) is 8.58. The number of anilines is 1. The maximum absolute atomic E-state index is 11.4. The van der Waals surface area contributed by atoms with Crippen LogP contribution in [0.3, 0.4) is 0 Å². The molecule has 2 rings (SSSR count). The highest BCUT2D eigenvalue weighted by molar-refractivity contribution is 6.07. The van der Waals surface area contributed by atoms with Gasteiger partial charge in [0.2, 0.25) is 0 Å². The molecule has 16 heavy (non-hydrogen) atoms. The lowest BCUT2D eigenvalue weighted by molar-refractivity contribution is -0.111. The SMILES string of the molecule is O=C1C=CC=CC1=CN(O)c1ccccc1. The summed E-state index contributed by atoms with van der Waals surface area (Å²) >= 11 is 0. The molecule has 0 aliphatic heterocycles. The first-order valence-electron chi connectivity index (χ1n) is 4.91. The number of hydrogen-bond acceptors (Lipinski definition) is 3. The number of ketones is 1. The fourth-order valence-corrected chi connectivity index (χ4v) is 1.37. The van der Waals surface area contributed by atoms with Crippen molar-refractivity contribution in [2.24, 2.45) is 0 Å². The monoisotopic (exact) mass is 213 g/mol. The third-order valence-electron chi connectivity index (χ3n) is 2.20. The first-order valence-corrected chi connectivity index (χ1v) is 4.91. The van der Waals surface area contributed by atoms with Gasteiger partial charge < -0.3 is 0 Å². The highest BCUT2D eigenvalue weighted by Crippen LogP contribution is 2.14. The van der Waals surface area contributed by atoms with E-state index in [9.17, 15) is 10.0 Å². The summed E-state index contributed by atoms with van der Waals surface area (Å²) < 4.78 is 0. The highest BCUT2D eigenvalue weighted by atomic mass is 16.5. The molecule has 1 N–H and O–H groups in total. The Morgan fingerprint density at radius 1 is 1.06 bits per heavy atom. The van der Waals surface area contributed by atoms with Gasteiger partial charge in [-0.05, 0) is 24.3 Å². The first-order chi connectivity index (χ1) is 7.77. The number of hydrogen-bond donors (Lipinski definition) is 1. The van der Waals surface area contributed by atoms with Crippen molar-refractivity contribution < 1.29 is 10.0 Å². The average Bonchev–Trinajstić information content (AvgIpc) is 2.33. The Morgan fingerprint density at radius 3 is 2.44 bits per heavy atom. The van der Waals surface area contributed by atoms with Crippen LogP contribution < -0.4 is 5.06 Å². The second-order valence-corrected chi connectivity index (χ2v) is 3.35. The van der Waals surface area contributed by atoms with Crippen LogP contribution in [0.25, 0.3) is 0 Å². The summed E-state index contributed by atoms with van der Waals surface area (Å²) in [5.41, 5.74) is 1.07. The minimum absolute atomic E-state index is 0.113. The predicted molar refractivity (Wildman–Crippen MR) is 62.1 cm³/mol. The molecule has 0 aromatic heterocycles. The molecule has 3 heteroatoms. The van der Waals surface area contributed by atoms with Gasteiger partial charge in [-0.25, -0.2) is 5.06 Å². The number of carbonyl (C=O) groups is 1. The van der Waals surface area contributed by atoms with Crippen LogP contribution in [0.2, 0.25) is 0 Å². The average molecular weight is 213 g/mol. The quantitative estimate of drug-likeness (QED) is 0.606. The van der Waals surface area contributed by atoms with Gasteiger partial charge in [0.05, 0.1) is 5.69 Å². The maximum atomic E-state index is 11.4. The predicted octanol–water partition coefficient (Wildman–Crippen LogP) is 2.46. The van der Waals surface area contributed by atoms with Crippen LogP contribution in [0.15, 0.2) is 66.4 Å². The summed E-state index contributed by atoms with van der Waals surface area (Å²) in [6, 6.07) is 9.00. The van der Waals surface area contributed by atoms with E-state index in [0.29, 0.717) is 11.3 Å². The number of rotatable bonds is 2. The van der Waals surface area contributed by atoms with Gasteiger partial charge in [-0.3, -0.25) is 10.0 Å². The fourth-order valence-electron chi connectivity index (χ4n) is 1.37. The number of allylic oxidation sites excluding steroid dienone is 5. The fraction of sp³-hybridized carbons (Fsp3) is 0. The van der Waals surface area contributed by atoms with Gasteiger partial charge in [-0.2, -0.15) is 0 Å². The summed E-state index contributed by atoms with van der Waals surface area (Å²) in [5.74, 6) is -0.113. The summed E-state index contributed by atoms with van der Waals surface area (Å²) in [7, 11) is 0. The van der Waals surface area contributed by atoms with Crippen molar-refractivity contribution in [3.63, 3.8) is 0 Å². The van der Waals surface area contributed by atoms with Crippen molar-refractivity contribution in [3.8, 4) is 0 Å². The Bertz CT molecular complexity index is 472. The molecule has 1 aliphatic rings. The van der Waals surface area contributed by atoms with Crippen molar-refractivity contribution in [1.29, 1.82) is 0 Å². The minimum Gasteiger partial charge on any atom is -0.289 e. The van der Waals surface area contributed by atoms with Crippen molar-refractivity contribution in [1.82, 2.24) is 0 Å². The molecule has 0 saturated heterocycles. The summed E-state index contributed by atoms with van der Waals surface area (Å²) in [6.45, 7) is 0. The van der Waals surface area contributed by atoms with E-state index in [1.165, 1.54) is 12.3 Å². The lowest BCUT2D eigenvalue weighted by Crippen LogP contribution is -2.12. The molecule has 1 aromatic rings. The molecule has 0 fully saturated rings. The van der Waals surface area contributed by atoms with Crippen molar-refractivity contribution in [2.45, 2.75) is 0 Å². The molecule has 0 saturated carbocycles. The molecular formula is C13H11NO2. The lowest BCUT2D eigenvalue weighted by atomic mass is 10.1. The third-order valence-corrected chi connectivity index (χ3v) is 2.20. The first kappa shape index (κ1) is 10.4. The Kier molecular flexibility index (Phi) is 2.98. The molecule has 1 aromatic carbocycles. The number of nitrogens with zero attached hydrogens (tertiary/aromatic N) is 1. The normalized spacial score (nSPS) is 16.8. The van der Waals surface area contributed by atoms with E-state index in [1.807, 2.05) is 18.2 Å². The highest BCUT2D eigenvalue weighted by Gasteiger charge is 2.07. The van der Waals surface area contributed by atoms with E-state index in [2.05, 4.69) is 0 Å². The second kappa shape index (κ2) is 4.59. The van der Waals surface area contributed by atoms with E-state index < -0.39 is 0 Å². The number of benzene rings is 1. The molecule has 0 bridgehead atoms. The Morgan fingerprint density at radius 2 is 1.75 bits per heavy atom. The summed E-state index contributed by atoms with van der Waals surface area (Å²) in [5, 5.41) is 10.7. The summed E-state index contributed by atoms with van der Waals surface area (Å²) in [6.07, 6.45) is 7.95. The van der Waals surface area contributed by atoms with Gasteiger partial charge >= 0.3 is 0 Å². The van der Waals surface area contributed by atoms with Crippen LogP contribution >= 0.6 is 0 Å². The lowest BCUT2D eigenvalue weighted by Gasteiger charge is -2.13. The van der Waals surface area contributed by atoms with Crippen molar-refractivity contribution in [2.75, 3.05) is 5.06 Å². The van der Waals surface area contributed by atoms with Crippen LogP contribution in [-0.2, 0) is 4.79 Å². The Labute approximate surface area is 93.6 Å². The van der Waals surface area contributed by atoms with Gasteiger partial charge in [0.15, 0.2) is 5.78 Å². The summed E-state index contributed by atoms with van der Waals surface area (Å²) in [4.78, 5) is 11.4. The molecule has 0 heterocycles. The molecular weight excluding hydrogens is 202 g/mol. The number of para-hydroxylation sites is 1. The zero-order valence-corrected chi connectivity index (χ0v) is 8.58. The third kappa shape index (κ3) is 2.27. The van der Waals surface area contributed by atoms with E-state index in [4.69, 9.17) is 0 Å². The standard InChI is InChI=1S/C13H11NO2/c15-13-9-5-4-6-11(13)10-14(16)12-7-2-1-3-8-12/h1-10,16H. The smallest absolute Gasteiger partial charge is 0.187 e. The topological polar surface area (TPSA) is 40.5 Å². The van der Waals surface area contributed by atoms with Gasteiger partial charge in [-0.15, -0.1) is 0 Å². The molecule has 1 aliphatic carbocycles. The second-order valence-electron chi connectivity index (χ2n) is 3.35. The molecule has 80 valence electrons. The van der Waals surface area contributed by atoms with Crippen LogP contribution in [0.4, 0.5) is 5.69 Å². The maximum Gasteiger partial charge on any atom is 0.187 e. The van der Waals surface area contributed by atoms with Gasteiger partial charge in [0, 0.05) is 11.8 Å². The van der Waals surface area contributed by atoms with E-state index in [0.717, 1.165) is 5.06 Å². The van der Waals surface area contributed by atoms with E-state index in [-0.39, 0.29) is 5.78 Å². The van der Waals surface area contributed by atoms with Gasteiger partial charge in [-0.1, -0.05) is 30.4 Å².